The molecule has 0 saturated carbocycles. The molecule has 0 bridgehead atoms. The zero-order valence-corrected chi connectivity index (χ0v) is 23.0. The van der Waals surface area contributed by atoms with Gasteiger partial charge in [-0.3, -0.25) is 0 Å². The second-order valence-corrected chi connectivity index (χ2v) is 9.69. The van der Waals surface area contributed by atoms with Gasteiger partial charge in [-0.2, -0.15) is 0 Å². The van der Waals surface area contributed by atoms with Crippen LogP contribution < -0.4 is 10.1 Å². The fourth-order valence-electron chi connectivity index (χ4n) is 4.96. The maximum Gasteiger partial charge on any atom is 0.204 e. The SMILES string of the molecule is CC1CN(CC(O)COc2ccccc2)CCC1Nc1nc2ccccc2n1Cc1ccc(F)cc1.Cl.Cl. The smallest absolute Gasteiger partial charge is 0.204 e. The number of rotatable bonds is 9. The van der Waals surface area contributed by atoms with Crippen molar-refractivity contribution in [3.8, 4) is 5.75 Å². The monoisotopic (exact) mass is 560 g/mol. The first-order valence-electron chi connectivity index (χ1n) is 12.6. The Bertz CT molecular complexity index is 1270. The Balaban J connectivity index is 0.00000200. The summed E-state index contributed by atoms with van der Waals surface area (Å²) in [7, 11) is 0. The largest absolute Gasteiger partial charge is 0.491 e. The van der Waals surface area contributed by atoms with Gasteiger partial charge in [-0.1, -0.05) is 49.4 Å². The molecule has 1 saturated heterocycles. The molecule has 0 radical (unpaired) electrons. The van der Waals surface area contributed by atoms with Crippen LogP contribution in [0, 0.1) is 11.7 Å². The van der Waals surface area contributed by atoms with E-state index in [-0.39, 0.29) is 43.3 Å². The summed E-state index contributed by atoms with van der Waals surface area (Å²) in [5.41, 5.74) is 3.02. The maximum atomic E-state index is 13.4. The van der Waals surface area contributed by atoms with Crippen LogP contribution in [0.4, 0.5) is 10.3 Å². The van der Waals surface area contributed by atoms with E-state index in [0.717, 1.165) is 47.8 Å². The van der Waals surface area contributed by atoms with Crippen molar-refractivity contribution < 1.29 is 14.2 Å². The number of nitrogens with one attached hydrogen (secondary N) is 1. The van der Waals surface area contributed by atoms with Gasteiger partial charge in [-0.25, -0.2) is 9.37 Å². The number of halogens is 3. The van der Waals surface area contributed by atoms with Crippen molar-refractivity contribution in [2.75, 3.05) is 31.6 Å². The van der Waals surface area contributed by atoms with Gasteiger partial charge in [-0.15, -0.1) is 24.8 Å². The molecule has 3 aromatic carbocycles. The number of aliphatic hydroxyl groups is 1. The summed E-state index contributed by atoms with van der Waals surface area (Å²) in [5.74, 6) is 1.75. The molecule has 9 heteroatoms. The van der Waals surface area contributed by atoms with Gasteiger partial charge in [0.1, 0.15) is 24.3 Å². The van der Waals surface area contributed by atoms with E-state index in [1.807, 2.05) is 60.7 Å². The Morgan fingerprint density at radius 1 is 1.03 bits per heavy atom. The summed E-state index contributed by atoms with van der Waals surface area (Å²) in [4.78, 5) is 7.19. The van der Waals surface area contributed by atoms with Crippen LogP contribution in [0.2, 0.25) is 0 Å². The number of imidazole rings is 1. The molecule has 0 aliphatic carbocycles. The lowest BCUT2D eigenvalue weighted by Crippen LogP contribution is -2.48. The predicted octanol–water partition coefficient (Wildman–Crippen LogP) is 5.63. The van der Waals surface area contributed by atoms with Crippen LogP contribution in [-0.2, 0) is 6.54 Å². The summed E-state index contributed by atoms with van der Waals surface area (Å²) >= 11 is 0. The van der Waals surface area contributed by atoms with Crippen molar-refractivity contribution in [1.82, 2.24) is 14.5 Å². The van der Waals surface area contributed by atoms with Gasteiger partial charge in [0.15, 0.2) is 0 Å². The summed E-state index contributed by atoms with van der Waals surface area (Å²) in [6.07, 6.45) is 0.412. The Morgan fingerprint density at radius 2 is 1.74 bits per heavy atom. The molecule has 0 amide bonds. The molecular weight excluding hydrogens is 526 g/mol. The number of hydrogen-bond donors (Lipinski definition) is 2. The van der Waals surface area contributed by atoms with Crippen molar-refractivity contribution in [2.24, 2.45) is 5.92 Å². The van der Waals surface area contributed by atoms with Crippen molar-refractivity contribution in [2.45, 2.75) is 32.0 Å². The molecule has 1 aromatic heterocycles. The van der Waals surface area contributed by atoms with Crippen LogP contribution in [-0.4, -0.2) is 57.9 Å². The molecule has 1 aliphatic rings. The van der Waals surface area contributed by atoms with Crippen LogP contribution in [0.3, 0.4) is 0 Å². The minimum Gasteiger partial charge on any atom is -0.491 e. The Labute approximate surface area is 235 Å². The number of nitrogens with zero attached hydrogens (tertiary/aromatic N) is 3. The van der Waals surface area contributed by atoms with Crippen LogP contribution in [0.25, 0.3) is 11.0 Å². The number of benzene rings is 3. The van der Waals surface area contributed by atoms with E-state index in [1.54, 1.807) is 0 Å². The summed E-state index contributed by atoms with van der Waals surface area (Å²) in [5, 5.41) is 14.2. The number of anilines is 1. The van der Waals surface area contributed by atoms with Crippen LogP contribution >= 0.6 is 24.8 Å². The highest BCUT2D eigenvalue weighted by molar-refractivity contribution is 5.85. The van der Waals surface area contributed by atoms with E-state index < -0.39 is 6.10 Å². The predicted molar refractivity (Wildman–Crippen MR) is 155 cm³/mol. The highest BCUT2D eigenvalue weighted by atomic mass is 35.5. The van der Waals surface area contributed by atoms with Gasteiger partial charge < -0.3 is 24.6 Å². The fraction of sp³-hybridized carbons (Fsp3) is 0.345. The number of hydrogen-bond acceptors (Lipinski definition) is 5. The fourth-order valence-corrected chi connectivity index (χ4v) is 4.96. The standard InChI is InChI=1S/C29H33FN4O2.2ClH/c1-21-17-33(19-24(35)20-36-25-7-3-2-4-8-25)16-15-26(21)31-29-32-27-9-5-6-10-28(27)34(29)18-22-11-13-23(30)14-12-22;;/h2-14,21,24,26,35H,15-20H2,1H3,(H,31,32);2*1H. The first-order valence-corrected chi connectivity index (χ1v) is 12.6. The lowest BCUT2D eigenvalue weighted by Gasteiger charge is -2.38. The second-order valence-electron chi connectivity index (χ2n) is 9.69. The molecule has 1 aliphatic heterocycles. The number of ether oxygens (including phenoxy) is 1. The number of para-hydroxylation sites is 3. The van der Waals surface area contributed by atoms with Crippen molar-refractivity contribution >= 4 is 41.8 Å². The molecule has 3 unspecified atom stereocenters. The van der Waals surface area contributed by atoms with Crippen LogP contribution in [0.5, 0.6) is 5.75 Å². The van der Waals surface area contributed by atoms with Gasteiger partial charge in [0, 0.05) is 25.7 Å². The summed E-state index contributed by atoms with van der Waals surface area (Å²) < 4.78 is 21.3. The second kappa shape index (κ2) is 13.8. The van der Waals surface area contributed by atoms with E-state index in [0.29, 0.717) is 19.0 Å². The van der Waals surface area contributed by atoms with E-state index in [2.05, 4.69) is 27.8 Å². The van der Waals surface area contributed by atoms with Gasteiger partial charge in [-0.05, 0) is 54.3 Å². The Kier molecular flexibility index (Phi) is 10.8. The molecule has 204 valence electrons. The third-order valence-corrected chi connectivity index (χ3v) is 6.87. The third kappa shape index (κ3) is 7.38. The van der Waals surface area contributed by atoms with E-state index in [1.165, 1.54) is 12.1 Å². The molecule has 4 aromatic rings. The highest BCUT2D eigenvalue weighted by Gasteiger charge is 2.28. The first kappa shape index (κ1) is 29.7. The average molecular weight is 562 g/mol. The van der Waals surface area contributed by atoms with Crippen molar-refractivity contribution in [3.05, 3.63) is 90.2 Å². The molecule has 38 heavy (non-hydrogen) atoms. The molecule has 5 rings (SSSR count). The first-order chi connectivity index (χ1) is 17.5. The molecule has 3 atom stereocenters. The number of fused-ring (bicyclic) bond motifs is 1. The lowest BCUT2D eigenvalue weighted by molar-refractivity contribution is 0.0514. The molecule has 0 spiro atoms. The Hall–Kier alpha value is -2.84. The van der Waals surface area contributed by atoms with Crippen molar-refractivity contribution in [3.63, 3.8) is 0 Å². The minimum atomic E-state index is -0.540. The number of aliphatic hydroxyl groups excluding tert-OH is 1. The topological polar surface area (TPSA) is 62.6 Å². The lowest BCUT2D eigenvalue weighted by atomic mass is 9.93. The highest BCUT2D eigenvalue weighted by Crippen LogP contribution is 2.26. The number of β-amino-alcohol motifs (C(OH)–C–C–N with tert-alkyl or cyclic N) is 1. The van der Waals surface area contributed by atoms with E-state index >= 15 is 0 Å². The van der Waals surface area contributed by atoms with Crippen LogP contribution in [0.15, 0.2) is 78.9 Å². The average Bonchev–Trinajstić information content (AvgIpc) is 3.23. The molecule has 2 N–H and O–H groups in total. The van der Waals surface area contributed by atoms with Crippen LogP contribution in [0.1, 0.15) is 18.9 Å². The molecular formula is C29H35Cl2FN4O2. The number of aromatic nitrogens is 2. The summed E-state index contributed by atoms with van der Waals surface area (Å²) in [6.45, 7) is 5.51. The van der Waals surface area contributed by atoms with E-state index in [4.69, 9.17) is 9.72 Å². The molecule has 1 fully saturated rings. The van der Waals surface area contributed by atoms with E-state index in [9.17, 15) is 9.50 Å². The number of likely N-dealkylation sites (tertiary alicyclic amines) is 1. The third-order valence-electron chi connectivity index (χ3n) is 6.87. The molecule has 6 nitrogen and oxygen atoms in total. The minimum absolute atomic E-state index is 0. The summed E-state index contributed by atoms with van der Waals surface area (Å²) in [6, 6.07) is 24.6. The Morgan fingerprint density at radius 3 is 2.47 bits per heavy atom. The quantitative estimate of drug-likeness (QED) is 0.278. The van der Waals surface area contributed by atoms with Crippen molar-refractivity contribution in [1.29, 1.82) is 0 Å². The zero-order chi connectivity index (χ0) is 24.9. The zero-order valence-electron chi connectivity index (χ0n) is 21.4. The van der Waals surface area contributed by atoms with Gasteiger partial charge in [0.05, 0.1) is 17.6 Å². The normalized spacial score (nSPS) is 18.3. The van der Waals surface area contributed by atoms with Gasteiger partial charge >= 0.3 is 0 Å². The van der Waals surface area contributed by atoms with Gasteiger partial charge in [0.25, 0.3) is 0 Å². The molecule has 2 heterocycles. The number of piperidine rings is 1. The maximum absolute atomic E-state index is 13.4. The van der Waals surface area contributed by atoms with Gasteiger partial charge in [0.2, 0.25) is 5.95 Å².